The molecule has 17 heteroatoms. The largest absolute Gasteiger partial charge is 0.486 e. The number of carboxylic acid groups (broad SMARTS) is 1. The van der Waals surface area contributed by atoms with Gasteiger partial charge in [0.1, 0.15) is 36.1 Å². The second-order valence-electron chi connectivity index (χ2n) is 9.05. The standard InChI is InChI=1S/C15H10BrClF3NO2.C14H8BrClF3NO3/c1-8(22)13-6-10(16)5-11(21-13)7-23-14-3-2-9(4-12(14)17)15(18,19)20;15-8-4-9(20-11(5-8)13(21)22)6-23-12-2-1-7(3-10(12)16)14(17,18)19/h2-6H,7H2,1H3;1-5H,6H2,(H,21,22). The van der Waals surface area contributed by atoms with Crippen LogP contribution in [0.3, 0.4) is 0 Å². The topological polar surface area (TPSA) is 98.6 Å². The van der Waals surface area contributed by atoms with Gasteiger partial charge in [-0.3, -0.25) is 4.79 Å². The van der Waals surface area contributed by atoms with Crippen LogP contribution in [0.1, 0.15) is 50.4 Å². The van der Waals surface area contributed by atoms with Crippen LogP contribution >= 0.6 is 55.1 Å². The van der Waals surface area contributed by atoms with Crippen molar-refractivity contribution in [3.05, 3.63) is 114 Å². The third kappa shape index (κ3) is 10.9. The molecule has 0 aliphatic carbocycles. The lowest BCUT2D eigenvalue weighted by atomic mass is 10.2. The minimum absolute atomic E-state index is 0.0369. The zero-order valence-electron chi connectivity index (χ0n) is 22.9. The number of carboxylic acids is 1. The third-order valence-corrected chi connectivity index (χ3v) is 7.04. The van der Waals surface area contributed by atoms with E-state index in [4.69, 9.17) is 37.8 Å². The highest BCUT2D eigenvalue weighted by Crippen LogP contribution is 2.36. The first-order chi connectivity index (χ1) is 21.3. The van der Waals surface area contributed by atoms with Crippen LogP contribution in [-0.2, 0) is 25.6 Å². The summed E-state index contributed by atoms with van der Waals surface area (Å²) in [5, 5.41) is 8.57. The number of pyridine rings is 2. The summed E-state index contributed by atoms with van der Waals surface area (Å²) in [6.07, 6.45) is -8.96. The Morgan fingerprint density at radius 2 is 1.11 bits per heavy atom. The normalized spacial score (nSPS) is 11.4. The van der Waals surface area contributed by atoms with Gasteiger partial charge in [0.05, 0.1) is 32.6 Å². The molecule has 0 radical (unpaired) electrons. The van der Waals surface area contributed by atoms with E-state index in [0.29, 0.717) is 14.6 Å². The van der Waals surface area contributed by atoms with Crippen molar-refractivity contribution < 1.29 is 50.5 Å². The average Bonchev–Trinajstić information content (AvgIpc) is 2.94. The maximum Gasteiger partial charge on any atom is 0.416 e. The van der Waals surface area contributed by atoms with Crippen molar-refractivity contribution in [1.29, 1.82) is 0 Å². The van der Waals surface area contributed by atoms with Gasteiger partial charge in [0.2, 0.25) is 0 Å². The van der Waals surface area contributed by atoms with Crippen LogP contribution in [0.15, 0.2) is 69.6 Å². The molecule has 4 aromatic rings. The number of Topliss-reactive ketones (excluding diaryl/α,β-unsaturated/α-hetero) is 1. The first kappa shape index (κ1) is 37.1. The Morgan fingerprint density at radius 1 is 0.717 bits per heavy atom. The highest BCUT2D eigenvalue weighted by atomic mass is 79.9. The molecular formula is C29H18Br2Cl2F6N2O5. The molecule has 0 saturated carbocycles. The first-order valence-electron chi connectivity index (χ1n) is 12.4. The monoisotopic (exact) mass is 816 g/mol. The van der Waals surface area contributed by atoms with E-state index in [9.17, 15) is 35.9 Å². The number of hydrogen-bond donors (Lipinski definition) is 1. The Morgan fingerprint density at radius 3 is 1.46 bits per heavy atom. The zero-order chi connectivity index (χ0) is 34.4. The van der Waals surface area contributed by atoms with Crippen molar-refractivity contribution in [3.8, 4) is 11.5 Å². The summed E-state index contributed by atoms with van der Waals surface area (Å²) in [7, 11) is 0. The summed E-state index contributed by atoms with van der Waals surface area (Å²) in [4.78, 5) is 30.2. The molecule has 0 aliphatic rings. The van der Waals surface area contributed by atoms with Crippen molar-refractivity contribution in [2.75, 3.05) is 0 Å². The lowest BCUT2D eigenvalue weighted by molar-refractivity contribution is -0.138. The highest BCUT2D eigenvalue weighted by Gasteiger charge is 2.32. The lowest BCUT2D eigenvalue weighted by Gasteiger charge is -2.11. The minimum Gasteiger partial charge on any atom is -0.486 e. The van der Waals surface area contributed by atoms with Crippen LogP contribution in [0.4, 0.5) is 26.3 Å². The van der Waals surface area contributed by atoms with Gasteiger partial charge in [-0.25, -0.2) is 14.8 Å². The van der Waals surface area contributed by atoms with Crippen LogP contribution in [0.25, 0.3) is 0 Å². The maximum absolute atomic E-state index is 12.6. The van der Waals surface area contributed by atoms with Gasteiger partial charge in [0.25, 0.3) is 0 Å². The number of benzene rings is 2. The molecule has 7 nitrogen and oxygen atoms in total. The van der Waals surface area contributed by atoms with E-state index in [0.717, 1.165) is 36.4 Å². The molecule has 0 unspecified atom stereocenters. The fourth-order valence-electron chi connectivity index (χ4n) is 3.43. The van der Waals surface area contributed by atoms with Gasteiger partial charge in [-0.05, 0) is 60.7 Å². The fourth-order valence-corrected chi connectivity index (χ4v) is 4.86. The number of nitrogens with zero attached hydrogens (tertiary/aromatic N) is 2. The van der Waals surface area contributed by atoms with Crippen molar-refractivity contribution in [3.63, 3.8) is 0 Å². The van der Waals surface area contributed by atoms with Gasteiger partial charge < -0.3 is 14.6 Å². The molecule has 244 valence electrons. The van der Waals surface area contributed by atoms with Crippen LogP contribution < -0.4 is 9.47 Å². The zero-order valence-corrected chi connectivity index (χ0v) is 27.6. The van der Waals surface area contributed by atoms with E-state index in [2.05, 4.69) is 41.8 Å². The Bertz CT molecular complexity index is 1630. The Balaban J connectivity index is 0.000000250. The summed E-state index contributed by atoms with van der Waals surface area (Å²) in [5.41, 5.74) is -0.931. The summed E-state index contributed by atoms with van der Waals surface area (Å²) in [6, 6.07) is 11.6. The predicted octanol–water partition coefficient (Wildman–Crippen LogP) is 10.1. The van der Waals surface area contributed by atoms with Crippen molar-refractivity contribution in [2.45, 2.75) is 32.5 Å². The van der Waals surface area contributed by atoms with Crippen molar-refractivity contribution in [2.24, 2.45) is 0 Å². The van der Waals surface area contributed by atoms with Crippen molar-refractivity contribution >= 4 is 66.8 Å². The fraction of sp³-hybridized carbons (Fsp3) is 0.172. The molecule has 0 fully saturated rings. The van der Waals surface area contributed by atoms with Gasteiger partial charge in [-0.1, -0.05) is 55.1 Å². The van der Waals surface area contributed by atoms with Crippen LogP contribution in [-0.4, -0.2) is 26.8 Å². The molecule has 4 rings (SSSR count). The number of ether oxygens (including phenoxy) is 2. The van der Waals surface area contributed by atoms with Gasteiger partial charge in [0, 0.05) is 15.9 Å². The number of carbonyl (C=O) groups excluding carboxylic acids is 1. The first-order valence-corrected chi connectivity index (χ1v) is 14.7. The molecule has 1 N–H and O–H groups in total. The molecule has 46 heavy (non-hydrogen) atoms. The number of alkyl halides is 6. The molecule has 2 heterocycles. The summed E-state index contributed by atoms with van der Waals surface area (Å²) in [6.45, 7) is 1.20. The number of rotatable bonds is 8. The summed E-state index contributed by atoms with van der Waals surface area (Å²) >= 11 is 18.0. The SMILES string of the molecule is CC(=O)c1cc(Br)cc(COc2ccc(C(F)(F)F)cc2Cl)n1.O=C(O)c1cc(Br)cc(COc2ccc(C(F)(F)F)cc2Cl)n1. The van der Waals surface area contributed by atoms with Gasteiger partial charge >= 0.3 is 18.3 Å². The summed E-state index contributed by atoms with van der Waals surface area (Å²) in [5.74, 6) is -1.27. The van der Waals surface area contributed by atoms with E-state index in [1.807, 2.05) is 0 Å². The quantitative estimate of drug-likeness (QED) is 0.140. The maximum atomic E-state index is 12.6. The van der Waals surface area contributed by atoms with E-state index in [-0.39, 0.29) is 57.6 Å². The smallest absolute Gasteiger partial charge is 0.416 e. The number of hydrogen-bond acceptors (Lipinski definition) is 6. The van der Waals surface area contributed by atoms with E-state index in [1.165, 1.54) is 19.1 Å². The molecule has 0 saturated heterocycles. The van der Waals surface area contributed by atoms with Crippen LogP contribution in [0.5, 0.6) is 11.5 Å². The van der Waals surface area contributed by atoms with Gasteiger partial charge in [-0.15, -0.1) is 0 Å². The Kier molecular flexibility index (Phi) is 12.5. The predicted molar refractivity (Wildman–Crippen MR) is 162 cm³/mol. The second-order valence-corrected chi connectivity index (χ2v) is 11.7. The van der Waals surface area contributed by atoms with Crippen LogP contribution in [0, 0.1) is 0 Å². The molecule has 0 spiro atoms. The van der Waals surface area contributed by atoms with Crippen LogP contribution in [0.2, 0.25) is 10.0 Å². The minimum atomic E-state index is -4.50. The second kappa shape index (κ2) is 15.5. The number of aromatic nitrogens is 2. The molecule has 0 aliphatic heterocycles. The Hall–Kier alpha value is -3.40. The average molecular weight is 819 g/mol. The molecule has 0 atom stereocenters. The number of ketones is 1. The lowest BCUT2D eigenvalue weighted by Crippen LogP contribution is -2.07. The molecule has 0 amide bonds. The van der Waals surface area contributed by atoms with Gasteiger partial charge in [-0.2, -0.15) is 26.3 Å². The Labute approximate surface area is 283 Å². The molecule has 2 aromatic carbocycles. The van der Waals surface area contributed by atoms with Gasteiger partial charge in [0.15, 0.2) is 5.78 Å². The van der Waals surface area contributed by atoms with E-state index < -0.39 is 29.4 Å². The number of aromatic carboxylic acids is 1. The number of halogens is 10. The molecule has 0 bridgehead atoms. The molecular weight excluding hydrogens is 801 g/mol. The molecule has 2 aromatic heterocycles. The summed E-state index contributed by atoms with van der Waals surface area (Å²) < 4.78 is 87.2. The van der Waals surface area contributed by atoms with Crippen molar-refractivity contribution in [1.82, 2.24) is 9.97 Å². The van der Waals surface area contributed by atoms with E-state index >= 15 is 0 Å². The third-order valence-electron chi connectivity index (χ3n) is 5.54. The highest BCUT2D eigenvalue weighted by molar-refractivity contribution is 9.10. The van der Waals surface area contributed by atoms with E-state index in [1.54, 1.807) is 12.1 Å². The number of carbonyl (C=O) groups is 2.